The van der Waals surface area contributed by atoms with E-state index in [1.54, 1.807) is 0 Å². The van der Waals surface area contributed by atoms with Crippen molar-refractivity contribution in [2.24, 2.45) is 28.6 Å². The second-order valence-electron chi connectivity index (χ2n) is 19.0. The van der Waals surface area contributed by atoms with Gasteiger partial charge < -0.3 is 20.4 Å². The van der Waals surface area contributed by atoms with Crippen LogP contribution in [-0.4, -0.2) is 51.7 Å². The predicted octanol–water partition coefficient (Wildman–Crippen LogP) is 9.95. The predicted molar refractivity (Wildman–Crippen MR) is 219 cm³/mol. The lowest BCUT2D eigenvalue weighted by molar-refractivity contribution is -0.0985. The number of aliphatic hydroxyl groups is 2. The van der Waals surface area contributed by atoms with Crippen LogP contribution in [-0.2, 0) is 6.42 Å². The Bertz CT molecular complexity index is 1850. The summed E-state index contributed by atoms with van der Waals surface area (Å²) < 4.78 is 0. The first-order valence-corrected chi connectivity index (χ1v) is 21.3. The molecule has 2 amide bonds. The molecule has 0 saturated heterocycles. The molecule has 0 heterocycles. The lowest BCUT2D eigenvalue weighted by atomic mass is 9.49. The van der Waals surface area contributed by atoms with Crippen LogP contribution in [0.25, 0.3) is 0 Å². The number of carbonyl (C=O) groups is 2. The lowest BCUT2D eigenvalue weighted by Gasteiger charge is -2.58. The Morgan fingerprint density at radius 1 is 0.873 bits per heavy atom. The highest BCUT2D eigenvalue weighted by atomic mass is 16.3. The van der Waals surface area contributed by atoms with Gasteiger partial charge in [0, 0.05) is 23.1 Å². The molecule has 3 aromatic rings. The molecule has 5 fully saturated rings. The maximum Gasteiger partial charge on any atom is 0.317 e. The van der Waals surface area contributed by atoms with E-state index in [-0.39, 0.29) is 35.7 Å². The molecular formula is C49H62N2O4. The fourth-order valence-corrected chi connectivity index (χ4v) is 12.4. The number of carbonyl (C=O) groups excluding carboxylic acids is 2. The summed E-state index contributed by atoms with van der Waals surface area (Å²) in [6, 6.07) is 25.6. The van der Waals surface area contributed by atoms with Crippen LogP contribution in [0.15, 0.2) is 90.5 Å². The minimum Gasteiger partial charge on any atom is -0.393 e. The second kappa shape index (κ2) is 15.3. The van der Waals surface area contributed by atoms with Crippen LogP contribution in [0.5, 0.6) is 0 Å². The summed E-state index contributed by atoms with van der Waals surface area (Å²) in [5.41, 5.74) is 3.87. The molecule has 3 aromatic carbocycles. The molecule has 5 atom stereocenters. The Morgan fingerprint density at radius 2 is 1.53 bits per heavy atom. The van der Waals surface area contributed by atoms with Crippen molar-refractivity contribution in [2.75, 3.05) is 13.1 Å². The highest BCUT2D eigenvalue weighted by molar-refractivity contribution is 6.10. The summed E-state index contributed by atoms with van der Waals surface area (Å²) >= 11 is 0. The molecule has 292 valence electrons. The van der Waals surface area contributed by atoms with Gasteiger partial charge in [0.05, 0.1) is 24.3 Å². The van der Waals surface area contributed by atoms with E-state index in [1.807, 2.05) is 59.5 Å². The molecule has 7 aliphatic rings. The Hall–Kier alpha value is -3.74. The van der Waals surface area contributed by atoms with Crippen LogP contribution in [0, 0.1) is 28.6 Å². The van der Waals surface area contributed by atoms with Crippen molar-refractivity contribution in [1.82, 2.24) is 10.2 Å². The van der Waals surface area contributed by atoms with Crippen molar-refractivity contribution in [3.05, 3.63) is 118 Å². The fourth-order valence-electron chi connectivity index (χ4n) is 12.4. The molecule has 0 aromatic heterocycles. The van der Waals surface area contributed by atoms with Gasteiger partial charge in [-0.3, -0.25) is 4.79 Å². The molecule has 6 nitrogen and oxygen atoms in total. The van der Waals surface area contributed by atoms with Gasteiger partial charge in [-0.05, 0) is 149 Å². The van der Waals surface area contributed by atoms with Crippen LogP contribution in [0.4, 0.5) is 4.79 Å². The molecule has 3 N–H and O–H groups in total. The molecule has 10 rings (SSSR count). The largest absolute Gasteiger partial charge is 0.393 e. The zero-order chi connectivity index (χ0) is 38.4. The van der Waals surface area contributed by atoms with E-state index in [0.717, 1.165) is 60.1 Å². The molecule has 55 heavy (non-hydrogen) atoms. The number of allylic oxidation sites excluding steroid dienone is 2. The van der Waals surface area contributed by atoms with Crippen molar-refractivity contribution in [2.45, 2.75) is 128 Å². The van der Waals surface area contributed by atoms with E-state index >= 15 is 0 Å². The number of urea groups is 1. The molecular weight excluding hydrogens is 681 g/mol. The van der Waals surface area contributed by atoms with Crippen molar-refractivity contribution in [3.8, 4) is 0 Å². The summed E-state index contributed by atoms with van der Waals surface area (Å²) in [5.74, 6) is 2.16. The van der Waals surface area contributed by atoms with Crippen LogP contribution in [0.3, 0.4) is 0 Å². The number of rotatable bonds is 8. The van der Waals surface area contributed by atoms with E-state index in [4.69, 9.17) is 0 Å². The minimum absolute atomic E-state index is 0.0229. The first-order chi connectivity index (χ1) is 26.4. The molecule has 7 aliphatic carbocycles. The number of ketones is 1. The summed E-state index contributed by atoms with van der Waals surface area (Å²) in [7, 11) is 0. The summed E-state index contributed by atoms with van der Waals surface area (Å²) in [5, 5.41) is 27.8. The number of amides is 2. The van der Waals surface area contributed by atoms with Gasteiger partial charge in [-0.15, -0.1) is 0 Å². The minimum atomic E-state index is -1.17. The third kappa shape index (κ3) is 7.70. The Balaban J connectivity index is 1.17. The number of nitrogens with zero attached hydrogens (tertiary/aromatic N) is 1. The SMILES string of the molecule is CC1=CCCC2(C)C(CCC2(O)CN(CC23CC4CC(CC(C4)C2)C3)C(=O)NC(C)c2ccccc2)c2ccc(cc2C(=O)c2ccccc2)CC(O)CC1. The monoisotopic (exact) mass is 742 g/mol. The third-order valence-electron chi connectivity index (χ3n) is 15.0. The number of nitrogens with one attached hydrogen (secondary N) is 1. The lowest BCUT2D eigenvalue weighted by Crippen LogP contribution is -2.59. The number of hydrogen-bond acceptors (Lipinski definition) is 4. The number of fused-ring (bicyclic) bond motifs is 8. The van der Waals surface area contributed by atoms with Crippen molar-refractivity contribution in [3.63, 3.8) is 0 Å². The standard InChI is InChI=1S/C49H62N2O4/c1-33-11-10-21-47(3)44(42-19-17-35(26-41(52)18-16-33)27-43(42)45(53)40-14-8-5-9-15-40)20-22-49(47,55)32-51(46(54)50-34(2)39-12-6-4-7-13-39)31-48-28-36-23-37(29-48)25-38(24-36)30-48/h4-9,11-15,17,19,27,34,36-38,41,44,52,55H,10,16,18,20-26,28-32H2,1-3H3,(H,50,54). The summed E-state index contributed by atoms with van der Waals surface area (Å²) in [6.45, 7) is 7.39. The zero-order valence-corrected chi connectivity index (χ0v) is 33.3. The summed E-state index contributed by atoms with van der Waals surface area (Å²) in [4.78, 5) is 31.2. The summed E-state index contributed by atoms with van der Waals surface area (Å²) in [6.07, 6.45) is 14.1. The van der Waals surface area contributed by atoms with E-state index in [1.165, 1.54) is 44.1 Å². The molecule has 6 heteroatoms. The number of benzene rings is 3. The quantitative estimate of drug-likeness (QED) is 0.158. The van der Waals surface area contributed by atoms with Gasteiger partial charge in [-0.2, -0.15) is 0 Å². The van der Waals surface area contributed by atoms with E-state index in [2.05, 4.69) is 56.4 Å². The van der Waals surface area contributed by atoms with Gasteiger partial charge in [0.25, 0.3) is 0 Å². The van der Waals surface area contributed by atoms with Crippen molar-refractivity contribution >= 4 is 11.8 Å². The Kier molecular flexibility index (Phi) is 10.6. The second-order valence-corrected chi connectivity index (χ2v) is 19.0. The topological polar surface area (TPSA) is 89.9 Å². The van der Waals surface area contributed by atoms with Crippen LogP contribution >= 0.6 is 0 Å². The van der Waals surface area contributed by atoms with Gasteiger partial charge >= 0.3 is 6.03 Å². The Labute approximate surface area is 328 Å². The van der Waals surface area contributed by atoms with Gasteiger partial charge in [0.1, 0.15) is 0 Å². The van der Waals surface area contributed by atoms with E-state index in [0.29, 0.717) is 36.9 Å². The maximum absolute atomic E-state index is 14.7. The smallest absolute Gasteiger partial charge is 0.317 e. The van der Waals surface area contributed by atoms with Crippen LogP contribution in [0.1, 0.15) is 142 Å². The third-order valence-corrected chi connectivity index (χ3v) is 15.0. The average molecular weight is 743 g/mol. The molecule has 6 bridgehead atoms. The van der Waals surface area contributed by atoms with Gasteiger partial charge in [0.2, 0.25) is 0 Å². The molecule has 0 aliphatic heterocycles. The van der Waals surface area contributed by atoms with Crippen molar-refractivity contribution in [1.29, 1.82) is 0 Å². The molecule has 0 spiro atoms. The van der Waals surface area contributed by atoms with E-state index in [9.17, 15) is 19.8 Å². The highest BCUT2D eigenvalue weighted by Crippen LogP contribution is 2.62. The molecule has 5 unspecified atom stereocenters. The van der Waals surface area contributed by atoms with Gasteiger partial charge in [-0.25, -0.2) is 4.79 Å². The Morgan fingerprint density at radius 3 is 2.20 bits per heavy atom. The molecule has 5 saturated carbocycles. The first-order valence-electron chi connectivity index (χ1n) is 21.3. The van der Waals surface area contributed by atoms with E-state index < -0.39 is 17.1 Å². The highest BCUT2D eigenvalue weighted by Gasteiger charge is 2.59. The van der Waals surface area contributed by atoms with Crippen LogP contribution in [0.2, 0.25) is 0 Å². The van der Waals surface area contributed by atoms with Gasteiger partial charge in [-0.1, -0.05) is 91.4 Å². The fraction of sp³-hybridized carbons (Fsp3) is 0.551. The van der Waals surface area contributed by atoms with Crippen molar-refractivity contribution < 1.29 is 19.8 Å². The van der Waals surface area contributed by atoms with Crippen LogP contribution < -0.4 is 5.32 Å². The molecule has 0 radical (unpaired) electrons. The first kappa shape index (κ1) is 38.1. The maximum atomic E-state index is 14.7. The average Bonchev–Trinajstić information content (AvgIpc) is 3.41. The number of hydrogen-bond donors (Lipinski definition) is 3. The number of aliphatic hydroxyl groups excluding tert-OH is 1. The van der Waals surface area contributed by atoms with Gasteiger partial charge in [0.15, 0.2) is 5.78 Å². The normalized spacial score (nSPS) is 33.3. The zero-order valence-electron chi connectivity index (χ0n) is 33.3.